The Hall–Kier alpha value is -2.75. The minimum Gasteiger partial charge on any atom is -0.354 e. The van der Waals surface area contributed by atoms with Crippen molar-refractivity contribution in [1.29, 1.82) is 5.26 Å². The number of aromatic nitrogens is 2. The van der Waals surface area contributed by atoms with E-state index < -0.39 is 44.4 Å². The van der Waals surface area contributed by atoms with Gasteiger partial charge in [0.2, 0.25) is 5.91 Å². The highest BCUT2D eigenvalue weighted by Crippen LogP contribution is 2.64. The second kappa shape index (κ2) is 13.0. The molecule has 3 aliphatic rings. The topological polar surface area (TPSA) is 137 Å². The number of hydrogen-bond acceptors (Lipinski definition) is 10. The monoisotopic (exact) mass is 585 g/mol. The molecule has 1 unspecified atom stereocenters. The van der Waals surface area contributed by atoms with E-state index in [9.17, 15) is 9.59 Å². The zero-order chi connectivity index (χ0) is 29.0. The van der Waals surface area contributed by atoms with Crippen LogP contribution in [0.3, 0.4) is 0 Å². The minimum absolute atomic E-state index is 0.110. The van der Waals surface area contributed by atoms with Crippen molar-refractivity contribution in [2.24, 2.45) is 0 Å². The Labute approximate surface area is 240 Å². The minimum atomic E-state index is -1.46. The largest absolute Gasteiger partial charge is 0.354 e. The Morgan fingerprint density at radius 3 is 2.80 bits per heavy atom. The van der Waals surface area contributed by atoms with E-state index in [2.05, 4.69) is 34.0 Å². The fourth-order valence-corrected chi connectivity index (χ4v) is 7.86. The van der Waals surface area contributed by atoms with E-state index in [1.54, 1.807) is 0 Å². The van der Waals surface area contributed by atoms with E-state index in [1.807, 2.05) is 31.2 Å². The normalized spacial score (nSPS) is 31.2. The van der Waals surface area contributed by atoms with Gasteiger partial charge in [-0.2, -0.15) is 10.2 Å². The lowest BCUT2D eigenvalue weighted by molar-refractivity contribution is -0.137. The molecular formula is C28H36N5O7P. The number of ether oxygens (including phenoxy) is 3. The van der Waals surface area contributed by atoms with Gasteiger partial charge in [-0.1, -0.05) is 37.3 Å². The van der Waals surface area contributed by atoms with Crippen molar-refractivity contribution in [3.8, 4) is 6.07 Å². The molecule has 5 rings (SSSR count). The van der Waals surface area contributed by atoms with Crippen LogP contribution in [0.1, 0.15) is 58.2 Å². The lowest BCUT2D eigenvalue weighted by Gasteiger charge is -2.29. The highest BCUT2D eigenvalue weighted by molar-refractivity contribution is 7.45. The van der Waals surface area contributed by atoms with Crippen LogP contribution in [0.4, 0.5) is 5.82 Å². The number of rotatable bonds is 11. The van der Waals surface area contributed by atoms with E-state index in [1.165, 1.54) is 23.8 Å². The highest BCUT2D eigenvalue weighted by Gasteiger charge is 2.57. The zero-order valence-electron chi connectivity index (χ0n) is 23.5. The molecule has 3 saturated heterocycles. The summed E-state index contributed by atoms with van der Waals surface area (Å²) in [6.07, 6.45) is 1.84. The number of carbonyl (C=O) groups is 1. The molecule has 3 aliphatic heterocycles. The summed E-state index contributed by atoms with van der Waals surface area (Å²) < 4.78 is 35.2. The maximum absolute atomic E-state index is 13.0. The van der Waals surface area contributed by atoms with Crippen molar-refractivity contribution in [1.82, 2.24) is 14.2 Å². The second-order valence-corrected chi connectivity index (χ2v) is 11.8. The van der Waals surface area contributed by atoms with E-state index in [0.717, 1.165) is 24.9 Å². The Bertz CT molecular complexity index is 1310. The molecule has 0 spiro atoms. The average Bonchev–Trinajstić information content (AvgIpc) is 3.65. The number of carbonyl (C=O) groups excluding carboxylic acids is 1. The van der Waals surface area contributed by atoms with Gasteiger partial charge in [0.25, 0.3) is 8.53 Å². The number of benzene rings is 1. The molecule has 1 aromatic carbocycles. The number of amides is 1. The molecule has 1 amide bonds. The van der Waals surface area contributed by atoms with Crippen molar-refractivity contribution < 1.29 is 28.1 Å². The number of nitriles is 1. The third-order valence-electron chi connectivity index (χ3n) is 7.69. The van der Waals surface area contributed by atoms with Gasteiger partial charge < -0.3 is 28.6 Å². The van der Waals surface area contributed by atoms with E-state index in [0.29, 0.717) is 6.42 Å². The summed E-state index contributed by atoms with van der Waals surface area (Å²) >= 11 is 0. The lowest BCUT2D eigenvalue weighted by Crippen LogP contribution is -2.39. The third-order valence-corrected chi connectivity index (χ3v) is 9.55. The number of nitrogens with zero attached hydrogens (tertiary/aromatic N) is 4. The smallest absolute Gasteiger partial charge is 0.351 e. The SMILES string of the molecule is CC[C@H]1O[C@@H](n2ccc(NC(C)=O)nc2=O)C(OCOCCC#N)[C@H]1O[P@@]1O[C@](C)(c2ccccc2)[C@@H]2CCCN21. The van der Waals surface area contributed by atoms with Crippen LogP contribution >= 0.6 is 8.53 Å². The summed E-state index contributed by atoms with van der Waals surface area (Å²) in [6, 6.07) is 14.0. The van der Waals surface area contributed by atoms with Crippen LogP contribution in [-0.4, -0.2) is 64.4 Å². The number of hydrogen-bond donors (Lipinski definition) is 1. The molecule has 1 N–H and O–H groups in total. The van der Waals surface area contributed by atoms with Crippen molar-refractivity contribution in [2.45, 2.75) is 82.6 Å². The van der Waals surface area contributed by atoms with Crippen molar-refractivity contribution in [3.63, 3.8) is 0 Å². The second-order valence-electron chi connectivity index (χ2n) is 10.4. The Morgan fingerprint density at radius 2 is 2.10 bits per heavy atom. The van der Waals surface area contributed by atoms with Crippen molar-refractivity contribution >= 4 is 20.3 Å². The first-order valence-electron chi connectivity index (χ1n) is 13.9. The molecule has 12 nitrogen and oxygen atoms in total. The van der Waals surface area contributed by atoms with E-state index in [4.69, 9.17) is 28.5 Å². The Balaban J connectivity index is 1.41. The summed E-state index contributed by atoms with van der Waals surface area (Å²) in [6.45, 7) is 6.43. The lowest BCUT2D eigenvalue weighted by atomic mass is 9.87. The molecule has 1 aromatic heterocycles. The molecule has 0 radical (unpaired) electrons. The van der Waals surface area contributed by atoms with Gasteiger partial charge >= 0.3 is 5.69 Å². The van der Waals surface area contributed by atoms with Gasteiger partial charge in [0, 0.05) is 19.7 Å². The molecule has 0 bridgehead atoms. The van der Waals surface area contributed by atoms with Crippen LogP contribution < -0.4 is 11.0 Å². The van der Waals surface area contributed by atoms with Gasteiger partial charge in [-0.05, 0) is 37.8 Å². The van der Waals surface area contributed by atoms with Gasteiger partial charge in [0.05, 0.1) is 31.2 Å². The molecule has 13 heteroatoms. The Kier molecular flexibility index (Phi) is 9.46. The van der Waals surface area contributed by atoms with Crippen LogP contribution in [0.25, 0.3) is 0 Å². The fraction of sp³-hybridized carbons (Fsp3) is 0.571. The molecule has 4 heterocycles. The standard InChI is InChI=1S/C28H36N5O7P/c1-4-21-24(39-41-33-15-8-12-22(33)28(3,40-41)20-10-6-5-7-11-20)25(37-18-36-17-9-14-29)26(38-21)32-16-13-23(30-19(2)34)31-27(32)35/h5-7,10-11,13,16,21-22,24-26H,4,8-9,12,15,17-18H2,1-3H3,(H,30,31,34,35)/t21-,22+,24+,25?,26-,28-,41+/m1/s1. The van der Waals surface area contributed by atoms with Crippen LogP contribution in [0.5, 0.6) is 0 Å². The molecule has 7 atom stereocenters. The quantitative estimate of drug-likeness (QED) is 0.235. The molecule has 41 heavy (non-hydrogen) atoms. The molecule has 0 saturated carbocycles. The average molecular weight is 586 g/mol. The first kappa shape index (κ1) is 29.7. The molecule has 0 aliphatic carbocycles. The maximum Gasteiger partial charge on any atom is 0.351 e. The van der Waals surface area contributed by atoms with Crippen LogP contribution in [0.2, 0.25) is 0 Å². The van der Waals surface area contributed by atoms with Crippen LogP contribution in [-0.2, 0) is 33.7 Å². The first-order valence-corrected chi connectivity index (χ1v) is 15.1. The third kappa shape index (κ3) is 6.22. The van der Waals surface area contributed by atoms with Crippen LogP contribution in [0.15, 0.2) is 47.4 Å². The zero-order valence-corrected chi connectivity index (χ0v) is 24.4. The predicted octanol–water partition coefficient (Wildman–Crippen LogP) is 3.80. The number of nitrogens with one attached hydrogen (secondary N) is 1. The molecule has 2 aromatic rings. The van der Waals surface area contributed by atoms with Crippen LogP contribution in [0, 0.1) is 11.3 Å². The van der Waals surface area contributed by atoms with E-state index in [-0.39, 0.29) is 37.6 Å². The fourth-order valence-electron chi connectivity index (χ4n) is 5.71. The summed E-state index contributed by atoms with van der Waals surface area (Å²) in [4.78, 5) is 28.5. The maximum atomic E-state index is 13.0. The van der Waals surface area contributed by atoms with Gasteiger partial charge in [-0.25, -0.2) is 9.46 Å². The molecule has 220 valence electrons. The highest BCUT2D eigenvalue weighted by atomic mass is 31.2. The van der Waals surface area contributed by atoms with Gasteiger partial charge in [-0.15, -0.1) is 0 Å². The summed E-state index contributed by atoms with van der Waals surface area (Å²) in [5, 5.41) is 11.4. The summed E-state index contributed by atoms with van der Waals surface area (Å²) in [5.41, 5.74) is -0.0233. The van der Waals surface area contributed by atoms with Crippen molar-refractivity contribution in [2.75, 3.05) is 25.3 Å². The predicted molar refractivity (Wildman–Crippen MR) is 149 cm³/mol. The summed E-state index contributed by atoms with van der Waals surface area (Å²) in [7, 11) is -1.46. The number of fused-ring (bicyclic) bond motifs is 1. The molecular weight excluding hydrogens is 549 g/mol. The summed E-state index contributed by atoms with van der Waals surface area (Å²) in [5.74, 6) is -0.180. The van der Waals surface area contributed by atoms with Crippen molar-refractivity contribution in [3.05, 3.63) is 58.6 Å². The van der Waals surface area contributed by atoms with Gasteiger partial charge in [0.15, 0.2) is 6.23 Å². The molecule has 3 fully saturated rings. The Morgan fingerprint density at radius 1 is 1.29 bits per heavy atom. The van der Waals surface area contributed by atoms with Gasteiger partial charge in [-0.3, -0.25) is 9.36 Å². The van der Waals surface area contributed by atoms with Gasteiger partial charge in [0.1, 0.15) is 30.4 Å². The number of anilines is 1. The first-order chi connectivity index (χ1) is 19.9. The van der Waals surface area contributed by atoms with E-state index >= 15 is 0 Å².